The molecule has 0 atom stereocenters. The van der Waals surface area contributed by atoms with Crippen LogP contribution in [-0.2, 0) is 0 Å². The number of aliphatic imine (C=N–C) groups is 1. The summed E-state index contributed by atoms with van der Waals surface area (Å²) >= 11 is 3.75. The van der Waals surface area contributed by atoms with Crippen LogP contribution in [0.5, 0.6) is 0 Å². The Kier molecular flexibility index (Phi) is 5.17. The summed E-state index contributed by atoms with van der Waals surface area (Å²) in [4.78, 5) is 4.57. The van der Waals surface area contributed by atoms with Crippen molar-refractivity contribution < 1.29 is 0 Å². The minimum absolute atomic E-state index is 0.240. The number of rotatable bonds is 4. The Labute approximate surface area is 95.7 Å². The van der Waals surface area contributed by atoms with Crippen molar-refractivity contribution in [1.82, 2.24) is 5.32 Å². The van der Waals surface area contributed by atoms with Crippen LogP contribution in [0.2, 0.25) is 0 Å². The van der Waals surface area contributed by atoms with Crippen molar-refractivity contribution in [3.05, 3.63) is 0 Å². The lowest BCUT2D eigenvalue weighted by atomic mass is 10.0. The van der Waals surface area contributed by atoms with Crippen LogP contribution in [0.4, 0.5) is 0 Å². The molecule has 0 aromatic carbocycles. The lowest BCUT2D eigenvalue weighted by Gasteiger charge is -2.32. The molecule has 0 aliphatic carbocycles. The molecule has 1 heterocycles. The van der Waals surface area contributed by atoms with Gasteiger partial charge in [-0.15, -0.1) is 0 Å². The number of nitrogens with zero attached hydrogens (tertiary/aromatic N) is 1. The molecule has 1 saturated heterocycles. The lowest BCUT2D eigenvalue weighted by Crippen LogP contribution is -2.46. The van der Waals surface area contributed by atoms with Gasteiger partial charge in [-0.3, -0.25) is 4.99 Å². The number of hydrogen-bond acceptors (Lipinski definition) is 3. The third-order valence-corrected chi connectivity index (χ3v) is 3.78. The number of thioether (sulfide) groups is 2. The molecule has 0 radical (unpaired) electrons. The zero-order chi connectivity index (χ0) is 10.4. The van der Waals surface area contributed by atoms with Gasteiger partial charge in [0.05, 0.1) is 0 Å². The second kappa shape index (κ2) is 5.91. The fourth-order valence-corrected chi connectivity index (χ4v) is 3.02. The molecule has 1 rings (SSSR count). The minimum Gasteiger partial charge on any atom is -0.360 e. The maximum absolute atomic E-state index is 4.57. The first-order valence-electron chi connectivity index (χ1n) is 5.08. The van der Waals surface area contributed by atoms with Crippen LogP contribution in [0.3, 0.4) is 0 Å². The zero-order valence-electron chi connectivity index (χ0n) is 9.30. The molecule has 0 spiro atoms. The van der Waals surface area contributed by atoms with Gasteiger partial charge >= 0.3 is 0 Å². The van der Waals surface area contributed by atoms with Crippen molar-refractivity contribution in [1.29, 1.82) is 0 Å². The van der Waals surface area contributed by atoms with Crippen LogP contribution < -0.4 is 5.32 Å². The van der Waals surface area contributed by atoms with Crippen molar-refractivity contribution in [2.24, 2.45) is 4.99 Å². The molecule has 1 N–H and O–H groups in total. The van der Waals surface area contributed by atoms with E-state index in [-0.39, 0.29) is 5.54 Å². The second-order valence-electron chi connectivity index (χ2n) is 4.14. The summed E-state index contributed by atoms with van der Waals surface area (Å²) in [5.41, 5.74) is 0.240. The molecule has 1 fully saturated rings. The van der Waals surface area contributed by atoms with E-state index in [1.807, 2.05) is 23.5 Å². The van der Waals surface area contributed by atoms with E-state index < -0.39 is 0 Å². The summed E-state index contributed by atoms with van der Waals surface area (Å²) in [7, 11) is 0. The van der Waals surface area contributed by atoms with Crippen LogP contribution in [0.25, 0.3) is 0 Å². The summed E-state index contributed by atoms with van der Waals surface area (Å²) < 4.78 is 0. The largest absolute Gasteiger partial charge is 0.360 e. The maximum Gasteiger partial charge on any atom is 0.156 e. The molecule has 0 amide bonds. The average molecular weight is 232 g/mol. The van der Waals surface area contributed by atoms with E-state index in [0.717, 1.165) is 11.7 Å². The van der Waals surface area contributed by atoms with E-state index in [9.17, 15) is 0 Å². The predicted molar refractivity (Wildman–Crippen MR) is 69.6 cm³/mol. The molecule has 14 heavy (non-hydrogen) atoms. The molecular formula is C10H20N2S2. The lowest BCUT2D eigenvalue weighted by molar-refractivity contribution is 0.446. The first-order chi connectivity index (χ1) is 6.64. The van der Waals surface area contributed by atoms with E-state index in [2.05, 4.69) is 30.4 Å². The van der Waals surface area contributed by atoms with E-state index in [0.29, 0.717) is 0 Å². The van der Waals surface area contributed by atoms with Crippen molar-refractivity contribution in [2.75, 3.05) is 24.3 Å². The molecule has 0 aromatic rings. The molecule has 1 aliphatic heterocycles. The Morgan fingerprint density at radius 2 is 2.36 bits per heavy atom. The number of hydrogen-bond donors (Lipinski definition) is 1. The fourth-order valence-electron chi connectivity index (χ4n) is 1.27. The van der Waals surface area contributed by atoms with E-state index in [1.54, 1.807) is 0 Å². The Balaban J connectivity index is 2.29. The predicted octanol–water partition coefficient (Wildman–Crippen LogP) is 2.60. The van der Waals surface area contributed by atoms with Crippen LogP contribution in [0.15, 0.2) is 4.99 Å². The van der Waals surface area contributed by atoms with Gasteiger partial charge in [-0.25, -0.2) is 0 Å². The van der Waals surface area contributed by atoms with Gasteiger partial charge in [0, 0.05) is 17.8 Å². The van der Waals surface area contributed by atoms with Gasteiger partial charge < -0.3 is 5.32 Å². The number of nitrogens with one attached hydrogen (secondary N) is 1. The SMILES string of the molecule is CSCCCN=C1NC(C)(C)CCS1. The van der Waals surface area contributed by atoms with E-state index >= 15 is 0 Å². The standard InChI is InChI=1S/C10H20N2S2/c1-10(2)5-8-14-9(12-10)11-6-4-7-13-3/h4-8H2,1-3H3,(H,11,12). The highest BCUT2D eigenvalue weighted by Gasteiger charge is 2.23. The third-order valence-electron chi connectivity index (χ3n) is 2.17. The topological polar surface area (TPSA) is 24.4 Å². The first-order valence-corrected chi connectivity index (χ1v) is 7.46. The van der Waals surface area contributed by atoms with E-state index in [1.165, 1.54) is 24.3 Å². The zero-order valence-corrected chi connectivity index (χ0v) is 10.9. The maximum atomic E-state index is 4.57. The molecule has 0 bridgehead atoms. The highest BCUT2D eigenvalue weighted by Crippen LogP contribution is 2.21. The summed E-state index contributed by atoms with van der Waals surface area (Å²) in [6.07, 6.45) is 4.55. The van der Waals surface area contributed by atoms with Gasteiger partial charge in [0.2, 0.25) is 0 Å². The van der Waals surface area contributed by atoms with Crippen LogP contribution >= 0.6 is 23.5 Å². The fraction of sp³-hybridized carbons (Fsp3) is 0.900. The van der Waals surface area contributed by atoms with Gasteiger partial charge in [0.25, 0.3) is 0 Å². The summed E-state index contributed by atoms with van der Waals surface area (Å²) in [5.74, 6) is 2.41. The highest BCUT2D eigenvalue weighted by molar-refractivity contribution is 8.13. The normalized spacial score (nSPS) is 23.5. The Morgan fingerprint density at radius 1 is 1.57 bits per heavy atom. The van der Waals surface area contributed by atoms with Gasteiger partial charge in [0.15, 0.2) is 5.17 Å². The third kappa shape index (κ3) is 4.60. The molecule has 2 nitrogen and oxygen atoms in total. The monoisotopic (exact) mass is 232 g/mol. The van der Waals surface area contributed by atoms with Gasteiger partial charge in [-0.05, 0) is 38.7 Å². The van der Waals surface area contributed by atoms with Gasteiger partial charge in [0.1, 0.15) is 0 Å². The van der Waals surface area contributed by atoms with Crippen LogP contribution in [-0.4, -0.2) is 35.0 Å². The van der Waals surface area contributed by atoms with E-state index in [4.69, 9.17) is 0 Å². The summed E-state index contributed by atoms with van der Waals surface area (Å²) in [6, 6.07) is 0. The molecular weight excluding hydrogens is 212 g/mol. The van der Waals surface area contributed by atoms with Crippen LogP contribution in [0.1, 0.15) is 26.7 Å². The molecule has 0 aromatic heterocycles. The Morgan fingerprint density at radius 3 is 3.00 bits per heavy atom. The first kappa shape index (κ1) is 12.2. The van der Waals surface area contributed by atoms with Gasteiger partial charge in [-0.1, -0.05) is 11.8 Å². The molecule has 4 heteroatoms. The molecule has 0 unspecified atom stereocenters. The van der Waals surface area contributed by atoms with Crippen molar-refractivity contribution >= 4 is 28.7 Å². The van der Waals surface area contributed by atoms with Gasteiger partial charge in [-0.2, -0.15) is 11.8 Å². The number of amidine groups is 1. The van der Waals surface area contributed by atoms with Crippen molar-refractivity contribution in [3.63, 3.8) is 0 Å². The average Bonchev–Trinajstić information content (AvgIpc) is 2.11. The minimum atomic E-state index is 0.240. The Bertz CT molecular complexity index is 202. The molecule has 1 aliphatic rings. The smallest absolute Gasteiger partial charge is 0.156 e. The van der Waals surface area contributed by atoms with Crippen molar-refractivity contribution in [3.8, 4) is 0 Å². The Hall–Kier alpha value is 0.170. The molecule has 82 valence electrons. The van der Waals surface area contributed by atoms with Crippen molar-refractivity contribution in [2.45, 2.75) is 32.2 Å². The second-order valence-corrected chi connectivity index (χ2v) is 6.21. The molecule has 0 saturated carbocycles. The van der Waals surface area contributed by atoms with Crippen LogP contribution in [0, 0.1) is 0 Å². The highest BCUT2D eigenvalue weighted by atomic mass is 32.2. The summed E-state index contributed by atoms with van der Waals surface area (Å²) in [6.45, 7) is 5.44. The summed E-state index contributed by atoms with van der Waals surface area (Å²) in [5, 5.41) is 4.62. The quantitative estimate of drug-likeness (QED) is 0.754.